The quantitative estimate of drug-likeness (QED) is 0.576. The lowest BCUT2D eigenvalue weighted by molar-refractivity contribution is 0.0949. The first-order valence-corrected chi connectivity index (χ1v) is 8.89. The van der Waals surface area contributed by atoms with Gasteiger partial charge in [0, 0.05) is 5.69 Å². The molecule has 0 aliphatic carbocycles. The predicted molar refractivity (Wildman–Crippen MR) is 105 cm³/mol. The smallest absolute Gasteiger partial charge is 0.252 e. The Morgan fingerprint density at radius 1 is 1.21 bits per heavy atom. The number of hydrogen-bond acceptors (Lipinski definition) is 5. The van der Waals surface area contributed by atoms with Crippen molar-refractivity contribution >= 4 is 16.9 Å². The van der Waals surface area contributed by atoms with E-state index in [1.165, 1.54) is 0 Å². The lowest BCUT2D eigenvalue weighted by Gasteiger charge is -2.08. The first-order valence-electron chi connectivity index (χ1n) is 8.89. The van der Waals surface area contributed by atoms with E-state index in [4.69, 9.17) is 9.15 Å². The fraction of sp³-hybridized carbons (Fsp3) is 0.190. The van der Waals surface area contributed by atoms with Gasteiger partial charge in [-0.05, 0) is 56.3 Å². The summed E-state index contributed by atoms with van der Waals surface area (Å²) in [7, 11) is 1.63. The van der Waals surface area contributed by atoms with E-state index >= 15 is 0 Å². The number of furan rings is 1. The van der Waals surface area contributed by atoms with E-state index in [0.29, 0.717) is 23.5 Å². The van der Waals surface area contributed by atoms with Crippen molar-refractivity contribution in [2.24, 2.45) is 0 Å². The van der Waals surface area contributed by atoms with Crippen LogP contribution in [0.4, 0.5) is 0 Å². The number of hydrogen-bond donors (Lipinski definition) is 1. The Morgan fingerprint density at radius 3 is 2.68 bits per heavy atom. The van der Waals surface area contributed by atoms with Crippen molar-refractivity contribution in [1.82, 2.24) is 20.1 Å². The van der Waals surface area contributed by atoms with Gasteiger partial charge in [0.05, 0.1) is 42.2 Å². The summed E-state index contributed by atoms with van der Waals surface area (Å²) in [6.07, 6.45) is 1.58. The Morgan fingerprint density at radius 2 is 2.00 bits per heavy atom. The van der Waals surface area contributed by atoms with Crippen molar-refractivity contribution < 1.29 is 13.9 Å². The molecule has 0 saturated carbocycles. The molecule has 142 valence electrons. The predicted octanol–water partition coefficient (Wildman–Crippen LogP) is 3.57. The molecule has 0 bridgehead atoms. The van der Waals surface area contributed by atoms with E-state index in [1.807, 2.05) is 44.2 Å². The van der Waals surface area contributed by atoms with E-state index in [9.17, 15) is 4.79 Å². The van der Waals surface area contributed by atoms with Crippen molar-refractivity contribution in [3.63, 3.8) is 0 Å². The number of nitrogens with one attached hydrogen (secondary N) is 1. The summed E-state index contributed by atoms with van der Waals surface area (Å²) in [5.74, 6) is 1.27. The van der Waals surface area contributed by atoms with Gasteiger partial charge in [-0.25, -0.2) is 9.67 Å². The van der Waals surface area contributed by atoms with Crippen LogP contribution in [0.1, 0.15) is 27.5 Å². The molecule has 0 atom stereocenters. The van der Waals surface area contributed by atoms with Crippen molar-refractivity contribution in [2.75, 3.05) is 7.11 Å². The number of aromatic nitrogens is 3. The Bertz CT molecular complexity index is 1130. The highest BCUT2D eigenvalue weighted by Gasteiger charge is 2.19. The fourth-order valence-electron chi connectivity index (χ4n) is 3.17. The van der Waals surface area contributed by atoms with Crippen LogP contribution in [0, 0.1) is 13.8 Å². The highest BCUT2D eigenvalue weighted by Crippen LogP contribution is 2.25. The van der Waals surface area contributed by atoms with Crippen LogP contribution in [0.3, 0.4) is 0 Å². The number of carbonyl (C=O) groups is 1. The molecule has 0 spiro atoms. The molecule has 7 heteroatoms. The normalized spacial score (nSPS) is 11.0. The molecular weight excluding hydrogens is 356 g/mol. The molecule has 0 aliphatic heterocycles. The van der Waals surface area contributed by atoms with E-state index in [2.05, 4.69) is 15.4 Å². The largest absolute Gasteiger partial charge is 0.497 e. The maximum atomic E-state index is 12.9. The van der Waals surface area contributed by atoms with E-state index in [1.54, 1.807) is 30.2 Å². The zero-order valence-electron chi connectivity index (χ0n) is 15.9. The fourth-order valence-corrected chi connectivity index (χ4v) is 3.17. The lowest BCUT2D eigenvalue weighted by Crippen LogP contribution is -2.23. The maximum absolute atomic E-state index is 12.9. The molecule has 7 nitrogen and oxygen atoms in total. The summed E-state index contributed by atoms with van der Waals surface area (Å²) in [5.41, 5.74) is 3.52. The summed E-state index contributed by atoms with van der Waals surface area (Å²) < 4.78 is 12.3. The Labute approximate surface area is 161 Å². The number of pyridine rings is 1. The van der Waals surface area contributed by atoms with Gasteiger partial charge in [0.2, 0.25) is 0 Å². The van der Waals surface area contributed by atoms with Crippen LogP contribution in [-0.2, 0) is 6.54 Å². The average Bonchev–Trinajstić information content (AvgIpc) is 3.33. The standard InChI is InChI=1S/C21H20N4O3/c1-13-11-18(21(26)22-12-17-5-4-10-28-17)19-14(2)24-25(20(19)23-13)15-6-8-16(27-3)9-7-15/h4-11H,12H2,1-3H3,(H,22,26). The van der Waals surface area contributed by atoms with Crippen LogP contribution in [-0.4, -0.2) is 27.8 Å². The Balaban J connectivity index is 1.75. The Hall–Kier alpha value is -3.61. The van der Waals surface area contributed by atoms with Crippen molar-refractivity contribution in [3.05, 3.63) is 71.4 Å². The molecule has 4 aromatic rings. The van der Waals surface area contributed by atoms with Gasteiger partial charge in [0.15, 0.2) is 5.65 Å². The Kier molecular flexibility index (Phi) is 4.57. The molecule has 3 aromatic heterocycles. The molecular formula is C21H20N4O3. The monoisotopic (exact) mass is 376 g/mol. The molecule has 0 aliphatic rings. The average molecular weight is 376 g/mol. The number of aryl methyl sites for hydroxylation is 2. The van der Waals surface area contributed by atoms with Crippen LogP contribution in [0.5, 0.6) is 5.75 Å². The SMILES string of the molecule is COc1ccc(-n2nc(C)c3c(C(=O)NCc4ccco4)cc(C)nc32)cc1. The van der Waals surface area contributed by atoms with Gasteiger partial charge >= 0.3 is 0 Å². The molecule has 1 amide bonds. The van der Waals surface area contributed by atoms with Gasteiger partial charge in [-0.15, -0.1) is 0 Å². The number of rotatable bonds is 5. The second-order valence-electron chi connectivity index (χ2n) is 6.47. The van der Waals surface area contributed by atoms with Crippen LogP contribution < -0.4 is 10.1 Å². The minimum Gasteiger partial charge on any atom is -0.497 e. The summed E-state index contributed by atoms with van der Waals surface area (Å²) in [5, 5.41) is 8.26. The van der Waals surface area contributed by atoms with Crippen LogP contribution in [0.2, 0.25) is 0 Å². The van der Waals surface area contributed by atoms with E-state index < -0.39 is 0 Å². The van der Waals surface area contributed by atoms with Crippen molar-refractivity contribution in [2.45, 2.75) is 20.4 Å². The molecule has 0 saturated heterocycles. The van der Waals surface area contributed by atoms with E-state index in [0.717, 1.165) is 28.2 Å². The summed E-state index contributed by atoms with van der Waals surface area (Å²) >= 11 is 0. The minimum absolute atomic E-state index is 0.190. The molecule has 0 radical (unpaired) electrons. The highest BCUT2D eigenvalue weighted by molar-refractivity contribution is 6.06. The third-order valence-electron chi connectivity index (χ3n) is 4.51. The molecule has 0 unspecified atom stereocenters. The zero-order valence-corrected chi connectivity index (χ0v) is 15.9. The van der Waals surface area contributed by atoms with Crippen LogP contribution in [0.15, 0.2) is 53.1 Å². The van der Waals surface area contributed by atoms with Gasteiger partial charge in [-0.3, -0.25) is 4.79 Å². The molecule has 4 rings (SSSR count). The van der Waals surface area contributed by atoms with Gasteiger partial charge in [0.1, 0.15) is 11.5 Å². The highest BCUT2D eigenvalue weighted by atomic mass is 16.5. The van der Waals surface area contributed by atoms with Crippen molar-refractivity contribution in [3.8, 4) is 11.4 Å². The van der Waals surface area contributed by atoms with Gasteiger partial charge in [-0.1, -0.05) is 0 Å². The summed E-state index contributed by atoms with van der Waals surface area (Å²) in [6.45, 7) is 4.06. The number of ether oxygens (including phenoxy) is 1. The van der Waals surface area contributed by atoms with Gasteiger partial charge in [0.25, 0.3) is 5.91 Å². The number of fused-ring (bicyclic) bond motifs is 1. The third kappa shape index (κ3) is 3.22. The molecule has 1 N–H and O–H groups in total. The first kappa shape index (κ1) is 17.8. The maximum Gasteiger partial charge on any atom is 0.252 e. The molecule has 1 aromatic carbocycles. The third-order valence-corrected chi connectivity index (χ3v) is 4.51. The number of amides is 1. The zero-order chi connectivity index (χ0) is 19.7. The topological polar surface area (TPSA) is 82.2 Å². The van der Waals surface area contributed by atoms with Gasteiger partial charge in [-0.2, -0.15) is 5.10 Å². The van der Waals surface area contributed by atoms with Crippen molar-refractivity contribution in [1.29, 1.82) is 0 Å². The number of carbonyl (C=O) groups excluding carboxylic acids is 1. The number of methoxy groups -OCH3 is 1. The molecule has 0 fully saturated rings. The number of nitrogens with zero attached hydrogens (tertiary/aromatic N) is 3. The second-order valence-corrected chi connectivity index (χ2v) is 6.47. The summed E-state index contributed by atoms with van der Waals surface area (Å²) in [6, 6.07) is 12.9. The molecule has 28 heavy (non-hydrogen) atoms. The van der Waals surface area contributed by atoms with E-state index in [-0.39, 0.29) is 5.91 Å². The van der Waals surface area contributed by atoms with Crippen LogP contribution in [0.25, 0.3) is 16.7 Å². The minimum atomic E-state index is -0.190. The first-order chi connectivity index (χ1) is 13.6. The van der Waals surface area contributed by atoms with Crippen LogP contribution >= 0.6 is 0 Å². The molecule has 3 heterocycles. The summed E-state index contributed by atoms with van der Waals surface area (Å²) in [4.78, 5) is 17.5. The van der Waals surface area contributed by atoms with Gasteiger partial charge < -0.3 is 14.5 Å². The lowest BCUT2D eigenvalue weighted by atomic mass is 10.1. The number of benzene rings is 1. The second kappa shape index (κ2) is 7.19.